The summed E-state index contributed by atoms with van der Waals surface area (Å²) in [5.41, 5.74) is 23.6. The second kappa shape index (κ2) is 14.5. The van der Waals surface area contributed by atoms with Gasteiger partial charge < -0.3 is 4.90 Å². The van der Waals surface area contributed by atoms with Crippen LogP contribution in [0.3, 0.4) is 0 Å². The minimum absolute atomic E-state index is 0.0663. The highest BCUT2D eigenvalue weighted by atomic mass is 15.1. The Morgan fingerprint density at radius 3 is 1.67 bits per heavy atom. The van der Waals surface area contributed by atoms with E-state index in [9.17, 15) is 0 Å². The Morgan fingerprint density at radius 1 is 0.362 bits per heavy atom. The van der Waals surface area contributed by atoms with E-state index in [0.717, 1.165) is 11.4 Å². The highest BCUT2D eigenvalue weighted by molar-refractivity contribution is 6.15. The molecule has 69 heavy (non-hydrogen) atoms. The summed E-state index contributed by atoms with van der Waals surface area (Å²) in [5.74, 6) is 0. The number of anilines is 3. The van der Waals surface area contributed by atoms with Crippen molar-refractivity contribution in [1.82, 2.24) is 0 Å². The van der Waals surface area contributed by atoms with Gasteiger partial charge in [0.1, 0.15) is 0 Å². The van der Waals surface area contributed by atoms with Crippen LogP contribution in [0.5, 0.6) is 0 Å². The first kappa shape index (κ1) is 41.7. The minimum Gasteiger partial charge on any atom is -0.310 e. The fourth-order valence-corrected chi connectivity index (χ4v) is 13.1. The zero-order valence-electron chi connectivity index (χ0n) is 41.0. The zero-order chi connectivity index (χ0) is 47.2. The fourth-order valence-electron chi connectivity index (χ4n) is 13.1. The summed E-state index contributed by atoms with van der Waals surface area (Å²) >= 11 is 0. The third kappa shape index (κ3) is 5.77. The van der Waals surface area contributed by atoms with E-state index >= 15 is 0 Å². The predicted molar refractivity (Wildman–Crippen MR) is 293 cm³/mol. The molecular formula is C68H57N. The molecule has 0 aromatic heterocycles. The molecule has 1 spiro atoms. The third-order valence-electron chi connectivity index (χ3n) is 16.1. The standard InChI is InChI=1S/C68H57N/c1-65(2,3)54-38-39-57-63-52(54)27-18-28-53(63)62-50-25-13-12-23-47(50)58(66(4,5)6)41-60(62)68(57)56-30-17-15-24-48(56)51-26-19-31-61(64(51)68)69(44-34-32-43(33-35-44)42-20-10-9-11-21-42)45-36-37-49-46-22-14-16-29-55(46)67(7,8)59(49)40-45/h9-41H,1-8H3. The molecule has 0 radical (unpaired) electrons. The van der Waals surface area contributed by atoms with Crippen molar-refractivity contribution in [2.45, 2.75) is 77.0 Å². The molecule has 0 bridgehead atoms. The Labute approximate surface area is 407 Å². The van der Waals surface area contributed by atoms with Crippen molar-refractivity contribution >= 4 is 38.6 Å². The van der Waals surface area contributed by atoms with Gasteiger partial charge in [0.2, 0.25) is 0 Å². The summed E-state index contributed by atoms with van der Waals surface area (Å²) in [6.45, 7) is 19.0. The Morgan fingerprint density at radius 2 is 0.928 bits per heavy atom. The van der Waals surface area contributed by atoms with Crippen LogP contribution >= 0.6 is 0 Å². The van der Waals surface area contributed by atoms with Crippen molar-refractivity contribution in [2.24, 2.45) is 0 Å². The lowest BCUT2D eigenvalue weighted by Crippen LogP contribution is -2.34. The quantitative estimate of drug-likeness (QED) is 0.170. The van der Waals surface area contributed by atoms with Gasteiger partial charge in [-0.3, -0.25) is 0 Å². The Kier molecular flexibility index (Phi) is 8.77. The summed E-state index contributed by atoms with van der Waals surface area (Å²) in [6, 6.07) is 76.8. The first-order chi connectivity index (χ1) is 33.3. The lowest BCUT2D eigenvalue weighted by Gasteiger charge is -2.44. The molecule has 0 N–H and O–H groups in total. The van der Waals surface area contributed by atoms with Gasteiger partial charge in [0, 0.05) is 22.4 Å². The van der Waals surface area contributed by atoms with Gasteiger partial charge in [0.25, 0.3) is 0 Å². The van der Waals surface area contributed by atoms with Gasteiger partial charge in [-0.15, -0.1) is 0 Å². The van der Waals surface area contributed by atoms with Gasteiger partial charge in [-0.1, -0.05) is 225 Å². The second-order valence-electron chi connectivity index (χ2n) is 22.4. The molecule has 0 heterocycles. The van der Waals surface area contributed by atoms with Crippen LogP contribution in [0.1, 0.15) is 99.9 Å². The molecule has 3 aliphatic rings. The molecule has 0 saturated carbocycles. The summed E-state index contributed by atoms with van der Waals surface area (Å²) in [7, 11) is 0. The maximum absolute atomic E-state index is 2.63. The molecule has 1 nitrogen and oxygen atoms in total. The summed E-state index contributed by atoms with van der Waals surface area (Å²) in [6.07, 6.45) is 0. The fraction of sp³-hybridized carbons (Fsp3) is 0.176. The minimum atomic E-state index is -0.681. The molecule has 10 aromatic carbocycles. The zero-order valence-corrected chi connectivity index (χ0v) is 41.0. The molecular weight excluding hydrogens is 831 g/mol. The van der Waals surface area contributed by atoms with Gasteiger partial charge in [-0.25, -0.2) is 0 Å². The number of nitrogens with zero attached hydrogens (tertiary/aromatic N) is 1. The predicted octanol–water partition coefficient (Wildman–Crippen LogP) is 18.4. The molecule has 1 heteroatoms. The van der Waals surface area contributed by atoms with Crippen LogP contribution in [0.25, 0.3) is 66.1 Å². The normalized spacial score (nSPS) is 16.0. The van der Waals surface area contributed by atoms with Crippen LogP contribution in [-0.2, 0) is 21.7 Å². The average Bonchev–Trinajstić information content (AvgIpc) is 3.78. The van der Waals surface area contributed by atoms with E-state index in [-0.39, 0.29) is 16.2 Å². The molecule has 13 rings (SSSR count). The maximum atomic E-state index is 2.63. The van der Waals surface area contributed by atoms with Gasteiger partial charge in [-0.05, 0) is 146 Å². The van der Waals surface area contributed by atoms with Crippen LogP contribution < -0.4 is 4.90 Å². The number of hydrogen-bond donors (Lipinski definition) is 0. The summed E-state index contributed by atoms with van der Waals surface area (Å²) < 4.78 is 0. The van der Waals surface area contributed by atoms with E-state index in [4.69, 9.17) is 0 Å². The number of fused-ring (bicyclic) bond motifs is 14. The van der Waals surface area contributed by atoms with E-state index in [2.05, 4.69) is 260 Å². The first-order valence-electron chi connectivity index (χ1n) is 24.8. The van der Waals surface area contributed by atoms with E-state index < -0.39 is 5.41 Å². The number of hydrogen-bond acceptors (Lipinski definition) is 1. The van der Waals surface area contributed by atoms with Crippen LogP contribution in [0.15, 0.2) is 200 Å². The van der Waals surface area contributed by atoms with Crippen molar-refractivity contribution in [3.8, 4) is 44.5 Å². The molecule has 334 valence electrons. The third-order valence-corrected chi connectivity index (χ3v) is 16.1. The van der Waals surface area contributed by atoms with Crippen molar-refractivity contribution < 1.29 is 0 Å². The van der Waals surface area contributed by atoms with Crippen LogP contribution in [0, 0.1) is 0 Å². The average molecular weight is 888 g/mol. The molecule has 3 aliphatic carbocycles. The van der Waals surface area contributed by atoms with Crippen molar-refractivity contribution in [3.05, 3.63) is 245 Å². The topological polar surface area (TPSA) is 3.24 Å². The lowest BCUT2D eigenvalue weighted by atomic mass is 9.59. The van der Waals surface area contributed by atoms with Gasteiger partial charge >= 0.3 is 0 Å². The Balaban J connectivity index is 1.19. The monoisotopic (exact) mass is 887 g/mol. The van der Waals surface area contributed by atoms with Crippen LogP contribution in [0.4, 0.5) is 17.1 Å². The highest BCUT2D eigenvalue weighted by Gasteiger charge is 2.53. The van der Waals surface area contributed by atoms with E-state index in [0.29, 0.717) is 0 Å². The molecule has 0 fully saturated rings. The highest BCUT2D eigenvalue weighted by Crippen LogP contribution is 2.66. The largest absolute Gasteiger partial charge is 0.310 e. The Hall–Kier alpha value is -7.48. The number of rotatable bonds is 4. The van der Waals surface area contributed by atoms with Crippen LogP contribution in [-0.4, -0.2) is 0 Å². The molecule has 1 atom stereocenters. The van der Waals surface area contributed by atoms with Crippen molar-refractivity contribution in [2.75, 3.05) is 4.90 Å². The molecule has 1 unspecified atom stereocenters. The van der Waals surface area contributed by atoms with Gasteiger partial charge in [0.15, 0.2) is 0 Å². The van der Waals surface area contributed by atoms with Crippen molar-refractivity contribution in [1.29, 1.82) is 0 Å². The Bertz CT molecular complexity index is 3760. The van der Waals surface area contributed by atoms with Gasteiger partial charge in [0.05, 0.1) is 11.1 Å². The smallest absolute Gasteiger partial charge is 0.0746 e. The second-order valence-corrected chi connectivity index (χ2v) is 22.4. The first-order valence-corrected chi connectivity index (χ1v) is 24.8. The van der Waals surface area contributed by atoms with E-state index in [1.807, 2.05) is 0 Å². The molecule has 0 amide bonds. The molecule has 10 aromatic rings. The number of benzene rings is 10. The maximum Gasteiger partial charge on any atom is 0.0746 e. The molecule has 0 saturated heterocycles. The van der Waals surface area contributed by atoms with Gasteiger partial charge in [-0.2, -0.15) is 0 Å². The van der Waals surface area contributed by atoms with Crippen LogP contribution in [0.2, 0.25) is 0 Å². The van der Waals surface area contributed by atoms with E-state index in [1.54, 1.807) is 0 Å². The lowest BCUT2D eigenvalue weighted by molar-refractivity contribution is 0.592. The van der Waals surface area contributed by atoms with Crippen molar-refractivity contribution in [3.63, 3.8) is 0 Å². The molecule has 0 aliphatic heterocycles. The SMILES string of the molecule is CC(C)(C)c1cc2c(c3ccccc13)-c1cccc3c(C(C)(C)C)ccc(c13)C21c2ccccc2-c2cccc(N(c3ccc(-c4ccccc4)cc3)c3ccc4c(c3)C(C)(C)c3ccccc3-4)c21. The van der Waals surface area contributed by atoms with E-state index in [1.165, 1.54) is 116 Å². The summed E-state index contributed by atoms with van der Waals surface area (Å²) in [4.78, 5) is 2.59. The summed E-state index contributed by atoms with van der Waals surface area (Å²) in [5, 5.41) is 5.34.